The molecule has 3 nitrogen and oxygen atoms in total. The second kappa shape index (κ2) is 5.52. The molecule has 18 heavy (non-hydrogen) atoms. The molecule has 3 N–H and O–H groups in total. The summed E-state index contributed by atoms with van der Waals surface area (Å²) < 4.78 is 32.0. The van der Waals surface area contributed by atoms with Crippen molar-refractivity contribution in [3.05, 3.63) is 23.8 Å². The Labute approximate surface area is 105 Å². The van der Waals surface area contributed by atoms with Crippen molar-refractivity contribution in [2.45, 2.75) is 37.8 Å². The minimum atomic E-state index is -0.578. The highest BCUT2D eigenvalue weighted by Crippen LogP contribution is 2.27. The van der Waals surface area contributed by atoms with E-state index in [0.717, 1.165) is 37.8 Å². The van der Waals surface area contributed by atoms with E-state index in [1.165, 1.54) is 7.11 Å². The van der Waals surface area contributed by atoms with Gasteiger partial charge in [0.1, 0.15) is 5.82 Å². The highest BCUT2D eigenvalue weighted by Gasteiger charge is 2.23. The second-order valence-electron chi connectivity index (χ2n) is 4.67. The Kier molecular flexibility index (Phi) is 4.01. The Morgan fingerprint density at radius 3 is 2.61 bits per heavy atom. The number of methoxy groups -OCH3 is 1. The van der Waals surface area contributed by atoms with Crippen LogP contribution in [-0.2, 0) is 0 Å². The van der Waals surface area contributed by atoms with Gasteiger partial charge in [0.2, 0.25) is 0 Å². The maximum atomic E-state index is 13.7. The van der Waals surface area contributed by atoms with Gasteiger partial charge in [-0.2, -0.15) is 0 Å². The van der Waals surface area contributed by atoms with Crippen LogP contribution in [0.5, 0.6) is 5.75 Å². The molecule has 1 aliphatic carbocycles. The Morgan fingerprint density at radius 1 is 1.22 bits per heavy atom. The zero-order chi connectivity index (χ0) is 13.1. The lowest BCUT2D eigenvalue weighted by atomic mass is 9.91. The molecule has 0 heterocycles. The van der Waals surface area contributed by atoms with Crippen molar-refractivity contribution in [2.75, 3.05) is 12.4 Å². The molecule has 1 aromatic carbocycles. The summed E-state index contributed by atoms with van der Waals surface area (Å²) >= 11 is 0. The van der Waals surface area contributed by atoms with Crippen LogP contribution >= 0.6 is 0 Å². The van der Waals surface area contributed by atoms with Crippen molar-refractivity contribution in [1.82, 2.24) is 0 Å². The molecule has 2 unspecified atom stereocenters. The fourth-order valence-electron chi connectivity index (χ4n) is 2.33. The van der Waals surface area contributed by atoms with E-state index in [2.05, 4.69) is 5.32 Å². The molecule has 0 aromatic heterocycles. The van der Waals surface area contributed by atoms with Crippen LogP contribution in [-0.4, -0.2) is 19.2 Å². The van der Waals surface area contributed by atoms with E-state index >= 15 is 0 Å². The van der Waals surface area contributed by atoms with Crippen molar-refractivity contribution in [1.29, 1.82) is 0 Å². The van der Waals surface area contributed by atoms with Crippen LogP contribution in [0.1, 0.15) is 25.7 Å². The predicted molar refractivity (Wildman–Crippen MR) is 66.8 cm³/mol. The van der Waals surface area contributed by atoms with Crippen molar-refractivity contribution in [3.63, 3.8) is 0 Å². The number of hydrogen-bond acceptors (Lipinski definition) is 3. The van der Waals surface area contributed by atoms with E-state index in [1.54, 1.807) is 0 Å². The Morgan fingerprint density at radius 2 is 1.94 bits per heavy atom. The molecule has 1 saturated carbocycles. The average molecular weight is 256 g/mol. The summed E-state index contributed by atoms with van der Waals surface area (Å²) in [7, 11) is 1.31. The van der Waals surface area contributed by atoms with Gasteiger partial charge in [0.15, 0.2) is 11.6 Å². The summed E-state index contributed by atoms with van der Waals surface area (Å²) in [6.45, 7) is 0. The minimum Gasteiger partial charge on any atom is -0.494 e. The van der Waals surface area contributed by atoms with Gasteiger partial charge in [-0.1, -0.05) is 12.8 Å². The lowest BCUT2D eigenvalue weighted by Gasteiger charge is -2.30. The van der Waals surface area contributed by atoms with Gasteiger partial charge >= 0.3 is 0 Å². The van der Waals surface area contributed by atoms with Crippen LogP contribution in [0.15, 0.2) is 12.1 Å². The maximum absolute atomic E-state index is 13.7. The first-order valence-corrected chi connectivity index (χ1v) is 6.17. The van der Waals surface area contributed by atoms with E-state index in [-0.39, 0.29) is 23.5 Å². The lowest BCUT2D eigenvalue weighted by Crippen LogP contribution is -2.42. The van der Waals surface area contributed by atoms with Crippen LogP contribution in [0.3, 0.4) is 0 Å². The Bertz CT molecular complexity index is 426. The summed E-state index contributed by atoms with van der Waals surface area (Å²) in [5, 5.41) is 3.00. The number of anilines is 1. The van der Waals surface area contributed by atoms with Gasteiger partial charge < -0.3 is 15.8 Å². The van der Waals surface area contributed by atoms with Gasteiger partial charge in [-0.3, -0.25) is 0 Å². The molecular formula is C13H18F2N2O. The van der Waals surface area contributed by atoms with Crippen molar-refractivity contribution in [3.8, 4) is 5.75 Å². The van der Waals surface area contributed by atoms with Crippen LogP contribution in [0.2, 0.25) is 0 Å². The molecule has 0 radical (unpaired) electrons. The number of nitrogens with two attached hydrogens (primary N) is 1. The SMILES string of the molecule is COc1cc(F)c(NC2CCCCC2N)cc1F. The summed E-state index contributed by atoms with van der Waals surface area (Å²) in [5.74, 6) is -1.19. The molecule has 2 rings (SSSR count). The topological polar surface area (TPSA) is 47.3 Å². The van der Waals surface area contributed by atoms with Crippen molar-refractivity contribution < 1.29 is 13.5 Å². The van der Waals surface area contributed by atoms with Crippen molar-refractivity contribution in [2.24, 2.45) is 5.73 Å². The third kappa shape index (κ3) is 2.72. The molecule has 100 valence electrons. The third-order valence-corrected chi connectivity index (χ3v) is 3.40. The molecule has 2 atom stereocenters. The van der Waals surface area contributed by atoms with Gasteiger partial charge in [-0.25, -0.2) is 8.78 Å². The molecule has 0 saturated heterocycles. The first kappa shape index (κ1) is 13.1. The molecule has 5 heteroatoms. The molecule has 0 bridgehead atoms. The first-order chi connectivity index (χ1) is 8.61. The van der Waals surface area contributed by atoms with Gasteiger partial charge in [0.05, 0.1) is 12.8 Å². The Balaban J connectivity index is 2.15. The quantitative estimate of drug-likeness (QED) is 0.874. The maximum Gasteiger partial charge on any atom is 0.167 e. The molecule has 1 fully saturated rings. The second-order valence-corrected chi connectivity index (χ2v) is 4.67. The monoisotopic (exact) mass is 256 g/mol. The molecule has 0 spiro atoms. The third-order valence-electron chi connectivity index (χ3n) is 3.40. The summed E-state index contributed by atoms with van der Waals surface area (Å²) in [6, 6.07) is 2.16. The number of benzene rings is 1. The molecule has 0 amide bonds. The van der Waals surface area contributed by atoms with E-state index < -0.39 is 11.6 Å². The summed E-state index contributed by atoms with van der Waals surface area (Å²) in [5.41, 5.74) is 6.12. The molecule has 0 aliphatic heterocycles. The minimum absolute atomic E-state index is 0.000967. The molecule has 1 aromatic rings. The van der Waals surface area contributed by atoms with Crippen LogP contribution in [0.4, 0.5) is 14.5 Å². The van der Waals surface area contributed by atoms with Gasteiger partial charge in [0, 0.05) is 24.2 Å². The van der Waals surface area contributed by atoms with E-state index in [4.69, 9.17) is 10.5 Å². The highest BCUT2D eigenvalue weighted by atomic mass is 19.1. The fourth-order valence-corrected chi connectivity index (χ4v) is 2.33. The van der Waals surface area contributed by atoms with Crippen LogP contribution in [0, 0.1) is 11.6 Å². The van der Waals surface area contributed by atoms with Crippen molar-refractivity contribution >= 4 is 5.69 Å². The van der Waals surface area contributed by atoms with E-state index in [0.29, 0.717) is 0 Å². The number of ether oxygens (including phenoxy) is 1. The first-order valence-electron chi connectivity index (χ1n) is 6.17. The number of rotatable bonds is 3. The number of nitrogens with one attached hydrogen (secondary N) is 1. The highest BCUT2D eigenvalue weighted by molar-refractivity contribution is 5.50. The zero-order valence-electron chi connectivity index (χ0n) is 10.4. The zero-order valence-corrected chi connectivity index (χ0v) is 10.4. The van der Waals surface area contributed by atoms with Crippen LogP contribution in [0.25, 0.3) is 0 Å². The number of hydrogen-bond donors (Lipinski definition) is 2. The fraction of sp³-hybridized carbons (Fsp3) is 0.538. The normalized spacial score (nSPS) is 23.8. The smallest absolute Gasteiger partial charge is 0.167 e. The standard InChI is InChI=1S/C13H18F2N2O/c1-18-13-7-8(14)12(6-9(13)15)17-11-5-3-2-4-10(11)16/h6-7,10-11,17H,2-5,16H2,1H3. The number of halogens is 2. The summed E-state index contributed by atoms with van der Waals surface area (Å²) in [4.78, 5) is 0. The molecular weight excluding hydrogens is 238 g/mol. The average Bonchev–Trinajstić information content (AvgIpc) is 2.36. The molecule has 1 aliphatic rings. The van der Waals surface area contributed by atoms with Gasteiger partial charge in [-0.15, -0.1) is 0 Å². The lowest BCUT2D eigenvalue weighted by molar-refractivity contribution is 0.381. The van der Waals surface area contributed by atoms with Gasteiger partial charge in [0.25, 0.3) is 0 Å². The Hall–Kier alpha value is -1.36. The largest absolute Gasteiger partial charge is 0.494 e. The van der Waals surface area contributed by atoms with E-state index in [1.807, 2.05) is 0 Å². The van der Waals surface area contributed by atoms with E-state index in [9.17, 15) is 8.78 Å². The predicted octanol–water partition coefficient (Wildman–Crippen LogP) is 2.66. The van der Waals surface area contributed by atoms with Crippen LogP contribution < -0.4 is 15.8 Å². The summed E-state index contributed by atoms with van der Waals surface area (Å²) in [6.07, 6.45) is 3.95. The van der Waals surface area contributed by atoms with Gasteiger partial charge in [-0.05, 0) is 12.8 Å².